The lowest BCUT2D eigenvalue weighted by atomic mass is 9.98. The molecule has 0 amide bonds. The number of hydrogen-bond acceptors (Lipinski definition) is 1. The van der Waals surface area contributed by atoms with E-state index in [0.717, 1.165) is 6.04 Å². The van der Waals surface area contributed by atoms with Crippen LogP contribution >= 0.6 is 12.4 Å². The van der Waals surface area contributed by atoms with Gasteiger partial charge in [0.2, 0.25) is 0 Å². The highest BCUT2D eigenvalue weighted by Gasteiger charge is 2.12. The number of benzene rings is 1. The third-order valence-corrected chi connectivity index (χ3v) is 2.74. The van der Waals surface area contributed by atoms with Crippen molar-refractivity contribution >= 4 is 12.4 Å². The summed E-state index contributed by atoms with van der Waals surface area (Å²) in [4.78, 5) is 0. The minimum atomic E-state index is 0. The smallest absolute Gasteiger partial charge is 0.0107 e. The molecule has 1 aromatic carbocycles. The molecule has 1 saturated heterocycles. The van der Waals surface area contributed by atoms with E-state index in [4.69, 9.17) is 0 Å². The summed E-state index contributed by atoms with van der Waals surface area (Å²) in [5.74, 6) is 0. The lowest BCUT2D eigenvalue weighted by Crippen LogP contribution is -2.35. The Morgan fingerprint density at radius 1 is 1.14 bits per heavy atom. The van der Waals surface area contributed by atoms with Crippen LogP contribution in [0.1, 0.15) is 24.8 Å². The molecule has 14 heavy (non-hydrogen) atoms. The van der Waals surface area contributed by atoms with Gasteiger partial charge in [-0.3, -0.25) is 0 Å². The van der Waals surface area contributed by atoms with E-state index in [9.17, 15) is 0 Å². The molecule has 1 nitrogen and oxygen atoms in total. The molecule has 2 heteroatoms. The summed E-state index contributed by atoms with van der Waals surface area (Å²) in [7, 11) is 0. The van der Waals surface area contributed by atoms with Crippen LogP contribution in [0.2, 0.25) is 0 Å². The molecule has 2 rings (SSSR count). The zero-order valence-corrected chi connectivity index (χ0v) is 9.22. The van der Waals surface area contributed by atoms with Crippen LogP contribution in [-0.2, 0) is 6.42 Å². The molecule has 78 valence electrons. The van der Waals surface area contributed by atoms with Crippen LogP contribution < -0.4 is 5.32 Å². The van der Waals surface area contributed by atoms with E-state index >= 15 is 0 Å². The summed E-state index contributed by atoms with van der Waals surface area (Å²) in [6, 6.07) is 11.5. The first kappa shape index (κ1) is 11.5. The van der Waals surface area contributed by atoms with E-state index < -0.39 is 0 Å². The summed E-state index contributed by atoms with van der Waals surface area (Å²) >= 11 is 0. The molecule has 0 aliphatic carbocycles. The Morgan fingerprint density at radius 3 is 2.57 bits per heavy atom. The average molecular weight is 212 g/mol. The molecule has 1 aliphatic rings. The first-order valence-electron chi connectivity index (χ1n) is 5.22. The normalized spacial score (nSPS) is 21.3. The van der Waals surface area contributed by atoms with Crippen molar-refractivity contribution in [2.75, 3.05) is 6.54 Å². The Kier molecular flexibility index (Phi) is 4.99. The van der Waals surface area contributed by atoms with Crippen LogP contribution in [0.5, 0.6) is 0 Å². The van der Waals surface area contributed by atoms with Gasteiger partial charge in [0.15, 0.2) is 0 Å². The van der Waals surface area contributed by atoms with Crippen molar-refractivity contribution in [3.05, 3.63) is 35.9 Å². The van der Waals surface area contributed by atoms with E-state index in [-0.39, 0.29) is 12.4 Å². The molecule has 1 fully saturated rings. The number of nitrogens with one attached hydrogen (secondary N) is 1. The van der Waals surface area contributed by atoms with Gasteiger partial charge < -0.3 is 5.32 Å². The summed E-state index contributed by atoms with van der Waals surface area (Å²) in [6.45, 7) is 1.21. The number of halogens is 1. The summed E-state index contributed by atoms with van der Waals surface area (Å²) in [6.07, 6.45) is 5.28. The molecule has 0 bridgehead atoms. The van der Waals surface area contributed by atoms with Crippen LogP contribution in [0.3, 0.4) is 0 Å². The fourth-order valence-corrected chi connectivity index (χ4v) is 2.00. The number of hydrogen-bond donors (Lipinski definition) is 1. The SMILES string of the molecule is Cl.c1ccc(C[C@H]2CCCCN2)cc1. The Labute approximate surface area is 92.3 Å². The lowest BCUT2D eigenvalue weighted by molar-refractivity contribution is 0.399. The van der Waals surface area contributed by atoms with Crippen LogP contribution in [0.4, 0.5) is 0 Å². The first-order valence-corrected chi connectivity index (χ1v) is 5.22. The largest absolute Gasteiger partial charge is 0.314 e. The average Bonchev–Trinajstić information content (AvgIpc) is 2.21. The molecule has 1 aromatic rings. The molecular formula is C12H18ClN. The number of rotatable bonds is 2. The maximum Gasteiger partial charge on any atom is 0.0107 e. The molecule has 1 heterocycles. The van der Waals surface area contributed by atoms with Gasteiger partial charge in [-0.15, -0.1) is 12.4 Å². The maximum absolute atomic E-state index is 3.57. The highest BCUT2D eigenvalue weighted by atomic mass is 35.5. The highest BCUT2D eigenvalue weighted by molar-refractivity contribution is 5.85. The van der Waals surface area contributed by atoms with Gasteiger partial charge in [-0.2, -0.15) is 0 Å². The predicted molar refractivity (Wildman–Crippen MR) is 63.0 cm³/mol. The summed E-state index contributed by atoms with van der Waals surface area (Å²) in [5.41, 5.74) is 1.46. The van der Waals surface area contributed by atoms with Crippen molar-refractivity contribution in [1.82, 2.24) is 5.32 Å². The minimum Gasteiger partial charge on any atom is -0.314 e. The van der Waals surface area contributed by atoms with E-state index in [1.807, 2.05) is 0 Å². The monoisotopic (exact) mass is 211 g/mol. The molecule has 0 radical (unpaired) electrons. The molecule has 1 N–H and O–H groups in total. The van der Waals surface area contributed by atoms with Gasteiger partial charge in [0, 0.05) is 6.04 Å². The van der Waals surface area contributed by atoms with Crippen LogP contribution in [0, 0.1) is 0 Å². The predicted octanol–water partition coefficient (Wildman–Crippen LogP) is 2.79. The fourth-order valence-electron chi connectivity index (χ4n) is 2.00. The second-order valence-electron chi connectivity index (χ2n) is 3.84. The van der Waals surface area contributed by atoms with Crippen molar-refractivity contribution < 1.29 is 0 Å². The highest BCUT2D eigenvalue weighted by Crippen LogP contribution is 2.12. The number of piperidine rings is 1. The van der Waals surface area contributed by atoms with E-state index in [1.165, 1.54) is 37.8 Å². The molecule has 0 spiro atoms. The van der Waals surface area contributed by atoms with Gasteiger partial charge in [-0.25, -0.2) is 0 Å². The van der Waals surface area contributed by atoms with Crippen LogP contribution in [0.25, 0.3) is 0 Å². The second-order valence-corrected chi connectivity index (χ2v) is 3.84. The van der Waals surface area contributed by atoms with Gasteiger partial charge in [0.25, 0.3) is 0 Å². The minimum absolute atomic E-state index is 0. The fraction of sp³-hybridized carbons (Fsp3) is 0.500. The standard InChI is InChI=1S/C12H17N.ClH/c1-2-6-11(7-3-1)10-12-8-4-5-9-13-12;/h1-3,6-7,12-13H,4-5,8-10H2;1H/t12-;/m1./s1. The van der Waals surface area contributed by atoms with Crippen molar-refractivity contribution in [2.45, 2.75) is 31.7 Å². The van der Waals surface area contributed by atoms with Gasteiger partial charge in [-0.05, 0) is 31.4 Å². The van der Waals surface area contributed by atoms with Gasteiger partial charge in [0.1, 0.15) is 0 Å². The molecular weight excluding hydrogens is 194 g/mol. The van der Waals surface area contributed by atoms with E-state index in [2.05, 4.69) is 35.6 Å². The summed E-state index contributed by atoms with van der Waals surface area (Å²) in [5, 5.41) is 3.57. The molecule has 0 saturated carbocycles. The lowest BCUT2D eigenvalue weighted by Gasteiger charge is -2.23. The third kappa shape index (κ3) is 3.32. The second kappa shape index (κ2) is 6.05. The van der Waals surface area contributed by atoms with Crippen LogP contribution in [0.15, 0.2) is 30.3 Å². The van der Waals surface area contributed by atoms with Crippen molar-refractivity contribution in [3.63, 3.8) is 0 Å². The van der Waals surface area contributed by atoms with Crippen molar-refractivity contribution in [3.8, 4) is 0 Å². The Balaban J connectivity index is 0.000000980. The zero-order valence-electron chi connectivity index (χ0n) is 8.41. The van der Waals surface area contributed by atoms with Crippen molar-refractivity contribution in [2.24, 2.45) is 0 Å². The van der Waals surface area contributed by atoms with Gasteiger partial charge in [-0.1, -0.05) is 36.8 Å². The van der Waals surface area contributed by atoms with Gasteiger partial charge >= 0.3 is 0 Å². The maximum atomic E-state index is 3.57. The molecule has 1 atom stereocenters. The Hall–Kier alpha value is -0.530. The van der Waals surface area contributed by atoms with Crippen molar-refractivity contribution in [1.29, 1.82) is 0 Å². The first-order chi connectivity index (χ1) is 6.45. The summed E-state index contributed by atoms with van der Waals surface area (Å²) < 4.78 is 0. The van der Waals surface area contributed by atoms with Crippen LogP contribution in [-0.4, -0.2) is 12.6 Å². The van der Waals surface area contributed by atoms with E-state index in [1.54, 1.807) is 0 Å². The quantitative estimate of drug-likeness (QED) is 0.794. The Morgan fingerprint density at radius 2 is 1.93 bits per heavy atom. The van der Waals surface area contributed by atoms with E-state index in [0.29, 0.717) is 0 Å². The molecule has 0 aromatic heterocycles. The molecule has 0 unspecified atom stereocenters. The Bertz CT molecular complexity index is 242. The molecule has 1 aliphatic heterocycles. The topological polar surface area (TPSA) is 12.0 Å². The third-order valence-electron chi connectivity index (χ3n) is 2.74. The zero-order chi connectivity index (χ0) is 8.93. The van der Waals surface area contributed by atoms with Gasteiger partial charge in [0.05, 0.1) is 0 Å².